The summed E-state index contributed by atoms with van der Waals surface area (Å²) in [4.78, 5) is 28.5. The number of aromatic hydroxyl groups is 1. The maximum atomic E-state index is 13.8. The smallest absolute Gasteiger partial charge is 0.488 e. The molecule has 11 heteroatoms. The molecule has 0 unspecified atom stereocenters. The van der Waals surface area contributed by atoms with Gasteiger partial charge in [-0.2, -0.15) is 0 Å². The average molecular weight is 703 g/mol. The number of carbonyl (C=O) groups is 2. The molecule has 4 atom stereocenters. The number of phenolic OH excluding ortho intramolecular Hbond substituents is 1. The third kappa shape index (κ3) is 6.70. The van der Waals surface area contributed by atoms with Crippen molar-refractivity contribution < 1.29 is 39.7 Å². The third-order valence-electron chi connectivity index (χ3n) is 8.63. The van der Waals surface area contributed by atoms with Crippen molar-refractivity contribution in [1.82, 2.24) is 0 Å². The normalized spacial score (nSPS) is 21.5. The van der Waals surface area contributed by atoms with Gasteiger partial charge in [0.2, 0.25) is 11.8 Å². The topological polar surface area (TPSA) is 148 Å². The Kier molecular flexibility index (Phi) is 10.8. The number of fused-ring (bicyclic) bond motifs is 1. The van der Waals surface area contributed by atoms with Gasteiger partial charge in [-0.3, -0.25) is 14.5 Å². The lowest BCUT2D eigenvalue weighted by molar-refractivity contribution is -0.123. The zero-order valence-corrected chi connectivity index (χ0v) is 27.0. The largest absolute Gasteiger partial charge is 0.504 e. The first-order chi connectivity index (χ1) is 20.4. The fourth-order valence-corrected chi connectivity index (χ4v) is 7.05. The van der Waals surface area contributed by atoms with Crippen molar-refractivity contribution in [3.8, 4) is 11.5 Å². The van der Waals surface area contributed by atoms with Crippen LogP contribution in [0, 0.1) is 27.2 Å². The molecule has 2 aromatic carbocycles. The SMILES string of the molecule is CC/C(=C\c1cc(I)c(O)c(OC)c1)CC[C@@H](O)C1=C(C(C)C)C[C@H]2C(=O)N(c3cccc(B(O)O)c3)C(=O)[C@H]2[C@H]1CO. The van der Waals surface area contributed by atoms with E-state index in [1.54, 1.807) is 18.2 Å². The molecule has 0 aromatic heterocycles. The van der Waals surface area contributed by atoms with Crippen molar-refractivity contribution >= 4 is 58.7 Å². The van der Waals surface area contributed by atoms with Gasteiger partial charge >= 0.3 is 7.12 Å². The molecular weight excluding hydrogens is 664 g/mol. The minimum Gasteiger partial charge on any atom is -0.504 e. The molecule has 0 bridgehead atoms. The summed E-state index contributed by atoms with van der Waals surface area (Å²) >= 11 is 2.05. The van der Waals surface area contributed by atoms with Crippen molar-refractivity contribution in [3.63, 3.8) is 0 Å². The number of amides is 2. The van der Waals surface area contributed by atoms with E-state index in [2.05, 4.69) is 22.6 Å². The molecule has 0 saturated carbocycles. The summed E-state index contributed by atoms with van der Waals surface area (Å²) in [6, 6.07) is 9.64. The Balaban J connectivity index is 1.62. The number of aliphatic hydroxyl groups is 2. The number of nitrogens with zero attached hydrogens (tertiary/aromatic N) is 1. The summed E-state index contributed by atoms with van der Waals surface area (Å²) in [5.41, 5.74) is 3.87. The van der Waals surface area contributed by atoms with Crippen LogP contribution < -0.4 is 15.1 Å². The highest BCUT2D eigenvalue weighted by molar-refractivity contribution is 14.1. The first-order valence-electron chi connectivity index (χ1n) is 14.5. The maximum Gasteiger partial charge on any atom is 0.488 e. The summed E-state index contributed by atoms with van der Waals surface area (Å²) in [5, 5.41) is 51.6. The fourth-order valence-electron chi connectivity index (χ4n) is 6.42. The van der Waals surface area contributed by atoms with Crippen LogP contribution in [-0.2, 0) is 9.59 Å². The van der Waals surface area contributed by atoms with Crippen molar-refractivity contribution in [1.29, 1.82) is 0 Å². The number of ether oxygens (including phenoxy) is 1. The highest BCUT2D eigenvalue weighted by Crippen LogP contribution is 2.48. The van der Waals surface area contributed by atoms with Crippen LogP contribution in [0.2, 0.25) is 0 Å². The maximum absolute atomic E-state index is 13.8. The van der Waals surface area contributed by atoms with Crippen LogP contribution in [0.5, 0.6) is 11.5 Å². The number of halogens is 1. The Morgan fingerprint density at radius 1 is 1.19 bits per heavy atom. The van der Waals surface area contributed by atoms with E-state index in [0.29, 0.717) is 34.2 Å². The number of methoxy groups -OCH3 is 1. The predicted octanol–water partition coefficient (Wildman–Crippen LogP) is 3.39. The Bertz CT molecular complexity index is 1440. The number of allylic oxidation sites excluding steroid dienone is 2. The van der Waals surface area contributed by atoms with Gasteiger partial charge in [0, 0.05) is 5.92 Å². The Morgan fingerprint density at radius 3 is 2.51 bits per heavy atom. The van der Waals surface area contributed by atoms with Gasteiger partial charge in [0.15, 0.2) is 11.5 Å². The average Bonchev–Trinajstić information content (AvgIpc) is 3.24. The van der Waals surface area contributed by atoms with E-state index in [0.717, 1.165) is 28.0 Å². The number of aliphatic hydroxyl groups excluding tert-OH is 2. The number of anilines is 1. The molecule has 1 fully saturated rings. The van der Waals surface area contributed by atoms with Gasteiger partial charge in [0.25, 0.3) is 0 Å². The molecule has 43 heavy (non-hydrogen) atoms. The highest BCUT2D eigenvalue weighted by Gasteiger charge is 2.55. The van der Waals surface area contributed by atoms with Gasteiger partial charge in [-0.1, -0.05) is 50.1 Å². The number of rotatable bonds is 11. The lowest BCUT2D eigenvalue weighted by Crippen LogP contribution is -2.40. The monoisotopic (exact) mass is 703 g/mol. The molecule has 2 amide bonds. The van der Waals surface area contributed by atoms with E-state index in [9.17, 15) is 35.0 Å². The number of imide groups is 1. The summed E-state index contributed by atoms with van der Waals surface area (Å²) in [6.07, 6.45) is 3.06. The van der Waals surface area contributed by atoms with Crippen LogP contribution in [0.4, 0.5) is 5.69 Å². The van der Waals surface area contributed by atoms with E-state index in [4.69, 9.17) is 4.74 Å². The molecule has 1 aliphatic carbocycles. The summed E-state index contributed by atoms with van der Waals surface area (Å²) in [6.45, 7) is 5.61. The molecule has 0 spiro atoms. The standard InChI is InChI=1S/C32H39BINO8/c1-5-18(11-19-12-25(34)30(38)27(13-19)43-4)9-10-26(37)28-22(17(2)3)15-23-29(24(28)16-36)32(40)35(31(23)39)21-8-6-7-20(14-21)33(41)42/h6-8,11-14,17,23-24,26,29,36-38,41-42H,5,9-10,15-16H2,1-4H3/b18-11+/t23-,24+,26-,29-/m1/s1. The molecule has 2 aliphatic rings. The molecule has 4 rings (SSSR count). The Hall–Kier alpha value is -2.71. The molecule has 1 saturated heterocycles. The first-order valence-corrected chi connectivity index (χ1v) is 15.6. The van der Waals surface area contributed by atoms with Crippen LogP contribution in [0.3, 0.4) is 0 Å². The van der Waals surface area contributed by atoms with Crippen molar-refractivity contribution in [2.75, 3.05) is 18.6 Å². The van der Waals surface area contributed by atoms with Crippen LogP contribution in [0.1, 0.15) is 52.0 Å². The van der Waals surface area contributed by atoms with Crippen LogP contribution in [0.25, 0.3) is 6.08 Å². The minimum atomic E-state index is -1.75. The van der Waals surface area contributed by atoms with E-state index < -0.39 is 43.5 Å². The summed E-state index contributed by atoms with van der Waals surface area (Å²) in [5.74, 6) is -2.64. The minimum absolute atomic E-state index is 0.0165. The van der Waals surface area contributed by atoms with E-state index in [1.165, 1.54) is 19.2 Å². The van der Waals surface area contributed by atoms with Gasteiger partial charge < -0.3 is 30.1 Å². The van der Waals surface area contributed by atoms with E-state index >= 15 is 0 Å². The second-order valence-corrected chi connectivity index (χ2v) is 12.7. The van der Waals surface area contributed by atoms with Crippen molar-refractivity contribution in [3.05, 3.63) is 62.3 Å². The lowest BCUT2D eigenvalue weighted by Gasteiger charge is -2.38. The van der Waals surface area contributed by atoms with Crippen molar-refractivity contribution in [2.24, 2.45) is 23.7 Å². The molecule has 2 aromatic rings. The zero-order chi connectivity index (χ0) is 31.6. The zero-order valence-electron chi connectivity index (χ0n) is 24.8. The van der Waals surface area contributed by atoms with Crippen LogP contribution in [-0.4, -0.2) is 64.1 Å². The summed E-state index contributed by atoms with van der Waals surface area (Å²) in [7, 11) is -0.251. The quantitative estimate of drug-likeness (QED) is 0.104. The van der Waals surface area contributed by atoms with Gasteiger partial charge in [-0.25, -0.2) is 0 Å². The van der Waals surface area contributed by atoms with Gasteiger partial charge in [-0.05, 0) is 95.1 Å². The number of carbonyl (C=O) groups excluding carboxylic acids is 2. The second kappa shape index (κ2) is 13.9. The fraction of sp³-hybridized carbons (Fsp3) is 0.438. The molecule has 1 heterocycles. The molecule has 0 radical (unpaired) electrons. The van der Waals surface area contributed by atoms with E-state index in [-0.39, 0.29) is 28.7 Å². The number of hydrogen-bond donors (Lipinski definition) is 5. The second-order valence-electron chi connectivity index (χ2n) is 11.5. The number of phenols is 1. The molecule has 230 valence electrons. The highest BCUT2D eigenvalue weighted by atomic mass is 127. The summed E-state index contributed by atoms with van der Waals surface area (Å²) < 4.78 is 5.95. The molecular formula is C32H39BINO8. The van der Waals surface area contributed by atoms with Gasteiger partial charge in [-0.15, -0.1) is 0 Å². The molecule has 1 aliphatic heterocycles. The number of hydrogen-bond acceptors (Lipinski definition) is 8. The molecule has 9 nitrogen and oxygen atoms in total. The number of benzene rings is 2. The van der Waals surface area contributed by atoms with Crippen molar-refractivity contribution in [2.45, 2.75) is 52.6 Å². The van der Waals surface area contributed by atoms with E-state index in [1.807, 2.05) is 32.9 Å². The van der Waals surface area contributed by atoms with Crippen LogP contribution >= 0.6 is 22.6 Å². The Morgan fingerprint density at radius 2 is 1.91 bits per heavy atom. The molecule has 5 N–H and O–H groups in total. The van der Waals surface area contributed by atoms with Crippen LogP contribution in [0.15, 0.2) is 53.1 Å². The first kappa shape index (κ1) is 33.2. The Labute approximate surface area is 266 Å². The third-order valence-corrected chi connectivity index (χ3v) is 9.46. The predicted molar refractivity (Wildman–Crippen MR) is 174 cm³/mol. The van der Waals surface area contributed by atoms with Gasteiger partial charge in [0.1, 0.15) is 0 Å². The lowest BCUT2D eigenvalue weighted by atomic mass is 9.66. The van der Waals surface area contributed by atoms with Gasteiger partial charge in [0.05, 0.1) is 40.9 Å².